The van der Waals surface area contributed by atoms with E-state index < -0.39 is 5.82 Å². The fraction of sp³-hybridized carbons (Fsp3) is 0.0588. The number of rotatable bonds is 5. The Morgan fingerprint density at radius 2 is 2.08 bits per heavy atom. The van der Waals surface area contributed by atoms with E-state index >= 15 is 0 Å². The SMILES string of the molecule is COc1c(F)cc(C=NNc2nc(-c3ccccc3)cs2)cc1Br. The molecule has 0 aliphatic carbocycles. The molecule has 4 nitrogen and oxygen atoms in total. The maximum absolute atomic E-state index is 13.8. The highest BCUT2D eigenvalue weighted by atomic mass is 79.9. The largest absolute Gasteiger partial charge is 0.492 e. The van der Waals surface area contributed by atoms with E-state index in [2.05, 4.69) is 31.4 Å². The number of hydrogen-bond acceptors (Lipinski definition) is 5. The van der Waals surface area contributed by atoms with Crippen LogP contribution in [0.25, 0.3) is 11.3 Å². The molecule has 0 aliphatic heterocycles. The van der Waals surface area contributed by atoms with Crippen molar-refractivity contribution in [3.8, 4) is 17.0 Å². The summed E-state index contributed by atoms with van der Waals surface area (Å²) in [6, 6.07) is 13.0. The number of anilines is 1. The molecule has 0 amide bonds. The monoisotopic (exact) mass is 405 g/mol. The minimum absolute atomic E-state index is 0.174. The van der Waals surface area contributed by atoms with E-state index in [0.717, 1.165) is 11.3 Å². The lowest BCUT2D eigenvalue weighted by molar-refractivity contribution is 0.384. The normalized spacial score (nSPS) is 11.0. The number of halogens is 2. The van der Waals surface area contributed by atoms with Gasteiger partial charge in [-0.15, -0.1) is 11.3 Å². The molecule has 0 aliphatic rings. The average molecular weight is 406 g/mol. The highest BCUT2D eigenvalue weighted by Crippen LogP contribution is 2.29. The van der Waals surface area contributed by atoms with Crippen LogP contribution in [0.2, 0.25) is 0 Å². The van der Waals surface area contributed by atoms with Crippen molar-refractivity contribution in [3.63, 3.8) is 0 Å². The lowest BCUT2D eigenvalue weighted by Gasteiger charge is -2.05. The van der Waals surface area contributed by atoms with Crippen molar-refractivity contribution < 1.29 is 9.13 Å². The summed E-state index contributed by atoms with van der Waals surface area (Å²) in [7, 11) is 1.42. The predicted octanol–water partition coefficient (Wildman–Crippen LogP) is 5.17. The van der Waals surface area contributed by atoms with E-state index in [0.29, 0.717) is 15.2 Å². The van der Waals surface area contributed by atoms with Crippen LogP contribution in [0.15, 0.2) is 57.4 Å². The van der Waals surface area contributed by atoms with Gasteiger partial charge < -0.3 is 4.74 Å². The maximum Gasteiger partial charge on any atom is 0.203 e. The van der Waals surface area contributed by atoms with Gasteiger partial charge in [0.25, 0.3) is 0 Å². The number of hydrogen-bond donors (Lipinski definition) is 1. The Kier molecular flexibility index (Phi) is 5.22. The van der Waals surface area contributed by atoms with Crippen LogP contribution in [0.3, 0.4) is 0 Å². The van der Waals surface area contributed by atoms with E-state index in [9.17, 15) is 4.39 Å². The molecule has 1 aromatic heterocycles. The second-order valence-electron chi connectivity index (χ2n) is 4.79. The second-order valence-corrected chi connectivity index (χ2v) is 6.50. The predicted molar refractivity (Wildman–Crippen MR) is 99.4 cm³/mol. The smallest absolute Gasteiger partial charge is 0.203 e. The summed E-state index contributed by atoms with van der Waals surface area (Å²) in [5, 5.41) is 6.72. The molecule has 2 aromatic carbocycles. The van der Waals surface area contributed by atoms with Crippen molar-refractivity contribution in [3.05, 3.63) is 63.7 Å². The van der Waals surface area contributed by atoms with Crippen molar-refractivity contribution in [2.45, 2.75) is 0 Å². The second kappa shape index (κ2) is 7.55. The van der Waals surface area contributed by atoms with Gasteiger partial charge in [0.15, 0.2) is 11.6 Å². The zero-order chi connectivity index (χ0) is 16.9. The summed E-state index contributed by atoms with van der Waals surface area (Å²) >= 11 is 4.72. The summed E-state index contributed by atoms with van der Waals surface area (Å²) in [5.74, 6) is -0.276. The van der Waals surface area contributed by atoms with Crippen LogP contribution in [0, 0.1) is 5.82 Å². The summed E-state index contributed by atoms with van der Waals surface area (Å²) in [4.78, 5) is 4.46. The number of benzene rings is 2. The van der Waals surface area contributed by atoms with Crippen molar-refractivity contribution in [1.29, 1.82) is 0 Å². The summed E-state index contributed by atoms with van der Waals surface area (Å²) < 4.78 is 19.3. The first-order chi connectivity index (χ1) is 11.7. The number of thiazole rings is 1. The van der Waals surface area contributed by atoms with E-state index in [1.807, 2.05) is 35.7 Å². The Bertz CT molecular complexity index is 844. The molecule has 7 heteroatoms. The lowest BCUT2D eigenvalue weighted by atomic mass is 10.2. The van der Waals surface area contributed by atoms with Gasteiger partial charge in [-0.3, -0.25) is 5.43 Å². The molecule has 3 aromatic rings. The first kappa shape index (κ1) is 16.6. The first-order valence-corrected chi connectivity index (χ1v) is 8.67. The van der Waals surface area contributed by atoms with Gasteiger partial charge in [0.1, 0.15) is 0 Å². The van der Waals surface area contributed by atoms with Gasteiger partial charge in [-0.25, -0.2) is 9.37 Å². The summed E-state index contributed by atoms with van der Waals surface area (Å²) in [6.07, 6.45) is 1.52. The zero-order valence-corrected chi connectivity index (χ0v) is 15.1. The van der Waals surface area contributed by atoms with E-state index in [-0.39, 0.29) is 5.75 Å². The molecule has 3 rings (SSSR count). The fourth-order valence-electron chi connectivity index (χ4n) is 2.08. The van der Waals surface area contributed by atoms with Gasteiger partial charge in [-0.05, 0) is 33.6 Å². The van der Waals surface area contributed by atoms with E-state index in [1.165, 1.54) is 30.7 Å². The Labute approximate surface area is 151 Å². The topological polar surface area (TPSA) is 46.5 Å². The van der Waals surface area contributed by atoms with Gasteiger partial charge in [-0.2, -0.15) is 5.10 Å². The van der Waals surface area contributed by atoms with E-state index in [4.69, 9.17) is 4.74 Å². The van der Waals surface area contributed by atoms with Gasteiger partial charge in [-0.1, -0.05) is 30.3 Å². The molecular weight excluding hydrogens is 393 g/mol. The van der Waals surface area contributed by atoms with E-state index in [1.54, 1.807) is 6.07 Å². The summed E-state index contributed by atoms with van der Waals surface area (Å²) in [6.45, 7) is 0. The number of nitrogens with zero attached hydrogens (tertiary/aromatic N) is 2. The molecule has 0 spiro atoms. The highest BCUT2D eigenvalue weighted by Gasteiger charge is 2.08. The Morgan fingerprint density at radius 1 is 1.29 bits per heavy atom. The molecule has 0 bridgehead atoms. The van der Waals surface area contributed by atoms with Crippen molar-refractivity contribution >= 4 is 38.6 Å². The summed E-state index contributed by atoms with van der Waals surface area (Å²) in [5.41, 5.74) is 5.40. The number of hydrazone groups is 1. The molecule has 0 saturated carbocycles. The third-order valence-corrected chi connectivity index (χ3v) is 4.51. The number of nitrogens with one attached hydrogen (secondary N) is 1. The van der Waals surface area contributed by atoms with Crippen LogP contribution in [-0.2, 0) is 0 Å². The number of ether oxygens (including phenoxy) is 1. The van der Waals surface area contributed by atoms with Crippen LogP contribution in [-0.4, -0.2) is 18.3 Å². The standard InChI is InChI=1S/C17H13BrFN3OS/c1-23-16-13(18)7-11(8-14(16)19)9-20-22-17-21-15(10-24-17)12-5-3-2-4-6-12/h2-10H,1H3,(H,21,22). The molecule has 0 atom stereocenters. The molecule has 0 radical (unpaired) electrons. The van der Waals surface area contributed by atoms with Crippen molar-refractivity contribution in [2.24, 2.45) is 5.10 Å². The minimum Gasteiger partial charge on any atom is -0.492 e. The van der Waals surface area contributed by atoms with Gasteiger partial charge in [0.2, 0.25) is 5.13 Å². The molecule has 0 fully saturated rings. The Morgan fingerprint density at radius 3 is 2.79 bits per heavy atom. The van der Waals surface area contributed by atoms with Gasteiger partial charge in [0, 0.05) is 10.9 Å². The molecule has 0 saturated heterocycles. The van der Waals surface area contributed by atoms with Crippen LogP contribution in [0.1, 0.15) is 5.56 Å². The molecule has 122 valence electrons. The van der Waals surface area contributed by atoms with Crippen LogP contribution in [0.5, 0.6) is 5.75 Å². The highest BCUT2D eigenvalue weighted by molar-refractivity contribution is 9.10. The minimum atomic E-state index is -0.450. The first-order valence-electron chi connectivity index (χ1n) is 7.00. The third-order valence-electron chi connectivity index (χ3n) is 3.17. The van der Waals surface area contributed by atoms with Crippen LogP contribution in [0.4, 0.5) is 9.52 Å². The van der Waals surface area contributed by atoms with Crippen molar-refractivity contribution in [2.75, 3.05) is 12.5 Å². The quantitative estimate of drug-likeness (QED) is 0.470. The molecule has 1 N–H and O–H groups in total. The van der Waals surface area contributed by atoms with Gasteiger partial charge in [0.05, 0.1) is 23.5 Å². The zero-order valence-electron chi connectivity index (χ0n) is 12.7. The number of methoxy groups -OCH3 is 1. The maximum atomic E-state index is 13.8. The van der Waals surface area contributed by atoms with Crippen molar-refractivity contribution in [1.82, 2.24) is 4.98 Å². The lowest BCUT2D eigenvalue weighted by Crippen LogP contribution is -1.94. The average Bonchev–Trinajstić information content (AvgIpc) is 3.04. The Hall–Kier alpha value is -2.25. The molecule has 24 heavy (non-hydrogen) atoms. The molecular formula is C17H13BrFN3OS. The van der Waals surface area contributed by atoms with Gasteiger partial charge >= 0.3 is 0 Å². The molecule has 0 unspecified atom stereocenters. The number of aromatic nitrogens is 1. The Balaban J connectivity index is 1.70. The molecule has 1 heterocycles. The fourth-order valence-corrected chi connectivity index (χ4v) is 3.36. The van der Waals surface area contributed by atoms with Crippen LogP contribution < -0.4 is 10.2 Å². The van der Waals surface area contributed by atoms with Crippen LogP contribution >= 0.6 is 27.3 Å². The third kappa shape index (κ3) is 3.80.